The quantitative estimate of drug-likeness (QED) is 0.796. The van der Waals surface area contributed by atoms with Crippen LogP contribution in [0.3, 0.4) is 0 Å². The maximum atomic E-state index is 10.9. The lowest BCUT2D eigenvalue weighted by Gasteiger charge is -2.28. The molecule has 3 saturated carbocycles. The number of carbonyl (C=O) groups is 1. The van der Waals surface area contributed by atoms with Crippen molar-refractivity contribution in [3.63, 3.8) is 0 Å². The fraction of sp³-hybridized carbons (Fsp3) is 0.550. The van der Waals surface area contributed by atoms with E-state index in [1.54, 1.807) is 0 Å². The zero-order valence-corrected chi connectivity index (χ0v) is 14.6. The number of aromatic nitrogens is 2. The lowest BCUT2D eigenvalue weighted by atomic mass is 9.75. The summed E-state index contributed by atoms with van der Waals surface area (Å²) in [6, 6.07) is 11.2. The number of nitrogens with zero attached hydrogens (tertiary/aromatic N) is 2. The van der Waals surface area contributed by atoms with E-state index in [-0.39, 0.29) is 17.3 Å². The average Bonchev–Trinajstić information content (AvgIpc) is 3.50. The van der Waals surface area contributed by atoms with Crippen LogP contribution in [0.5, 0.6) is 0 Å². The molecule has 0 saturated heterocycles. The SMILES string of the molecule is O=C(O)[C@H]1C[C@@H](c2nc(C3(CN[C@H]4CC4c4ccccc4)CC3)no2)C1. The van der Waals surface area contributed by atoms with E-state index in [1.165, 1.54) is 12.0 Å². The molecule has 3 fully saturated rings. The first-order chi connectivity index (χ1) is 12.6. The standard InChI is InChI=1S/C20H23N3O3/c24-18(25)14-8-13(9-14)17-22-19(23-26-17)20(6-7-20)11-21-16-10-15(16)12-4-2-1-3-5-12/h1-5,13-16,21H,6-11H2,(H,24,25)/t13-,14+,15?,16-/m0/s1. The first-order valence-electron chi connectivity index (χ1n) is 9.50. The van der Waals surface area contributed by atoms with Gasteiger partial charge in [0.15, 0.2) is 5.82 Å². The summed E-state index contributed by atoms with van der Waals surface area (Å²) < 4.78 is 5.45. The highest BCUT2D eigenvalue weighted by Crippen LogP contribution is 2.49. The highest BCUT2D eigenvalue weighted by molar-refractivity contribution is 5.71. The van der Waals surface area contributed by atoms with E-state index in [0.29, 0.717) is 30.7 Å². The van der Waals surface area contributed by atoms with Crippen molar-refractivity contribution in [2.24, 2.45) is 5.92 Å². The van der Waals surface area contributed by atoms with Gasteiger partial charge in [-0.15, -0.1) is 0 Å². The number of benzene rings is 1. The zero-order valence-electron chi connectivity index (χ0n) is 14.6. The van der Waals surface area contributed by atoms with Crippen molar-refractivity contribution in [1.82, 2.24) is 15.5 Å². The summed E-state index contributed by atoms with van der Waals surface area (Å²) in [5.74, 6) is 1.19. The molecule has 26 heavy (non-hydrogen) atoms. The first-order valence-corrected chi connectivity index (χ1v) is 9.50. The summed E-state index contributed by atoms with van der Waals surface area (Å²) in [6.07, 6.45) is 4.59. The van der Waals surface area contributed by atoms with Crippen LogP contribution in [0.25, 0.3) is 0 Å². The third-order valence-corrected chi connectivity index (χ3v) is 6.33. The Morgan fingerprint density at radius 1 is 1.23 bits per heavy atom. The summed E-state index contributed by atoms with van der Waals surface area (Å²) in [7, 11) is 0. The van der Waals surface area contributed by atoms with Crippen LogP contribution in [0.1, 0.15) is 61.2 Å². The first kappa shape index (κ1) is 16.0. The number of rotatable bonds is 7. The van der Waals surface area contributed by atoms with Crippen LogP contribution >= 0.6 is 0 Å². The Kier molecular flexibility index (Phi) is 3.64. The Hall–Kier alpha value is -2.21. The Bertz CT molecular complexity index is 809. The predicted octanol–water partition coefficient (Wildman–Crippen LogP) is 2.83. The normalized spacial score (nSPS) is 31.2. The van der Waals surface area contributed by atoms with Crippen LogP contribution in [0.15, 0.2) is 34.9 Å². The summed E-state index contributed by atoms with van der Waals surface area (Å²) in [5.41, 5.74) is 1.43. The minimum absolute atomic E-state index is 0.0154. The van der Waals surface area contributed by atoms with E-state index >= 15 is 0 Å². The summed E-state index contributed by atoms with van der Waals surface area (Å²) in [6.45, 7) is 0.891. The van der Waals surface area contributed by atoms with Crippen molar-refractivity contribution in [3.05, 3.63) is 47.6 Å². The Balaban J connectivity index is 1.17. The molecule has 0 radical (unpaired) electrons. The number of hydrogen-bond acceptors (Lipinski definition) is 5. The van der Waals surface area contributed by atoms with Crippen molar-refractivity contribution in [2.45, 2.75) is 55.4 Å². The number of aliphatic carboxylic acids is 1. The van der Waals surface area contributed by atoms with E-state index < -0.39 is 5.97 Å². The third kappa shape index (κ3) is 2.82. The number of hydrogen-bond donors (Lipinski definition) is 2. The second-order valence-electron chi connectivity index (χ2n) is 8.18. The van der Waals surface area contributed by atoms with E-state index in [2.05, 4.69) is 45.8 Å². The molecule has 6 heteroatoms. The third-order valence-electron chi connectivity index (χ3n) is 6.33. The van der Waals surface area contributed by atoms with Crippen LogP contribution < -0.4 is 5.32 Å². The molecule has 0 bridgehead atoms. The van der Waals surface area contributed by atoms with Gasteiger partial charge in [-0.25, -0.2) is 0 Å². The Labute approximate surface area is 152 Å². The fourth-order valence-corrected chi connectivity index (χ4v) is 4.08. The zero-order chi connectivity index (χ0) is 17.7. The van der Waals surface area contributed by atoms with Gasteiger partial charge in [-0.2, -0.15) is 4.98 Å². The van der Waals surface area contributed by atoms with Gasteiger partial charge in [-0.05, 0) is 37.7 Å². The van der Waals surface area contributed by atoms with Gasteiger partial charge < -0.3 is 14.9 Å². The van der Waals surface area contributed by atoms with Crippen LogP contribution in [0.4, 0.5) is 0 Å². The van der Waals surface area contributed by atoms with Crippen molar-refractivity contribution < 1.29 is 14.4 Å². The van der Waals surface area contributed by atoms with Crippen LogP contribution in [-0.4, -0.2) is 33.8 Å². The molecule has 2 aromatic rings. The maximum Gasteiger partial charge on any atom is 0.306 e. The molecule has 1 heterocycles. The van der Waals surface area contributed by atoms with Gasteiger partial charge in [0, 0.05) is 29.8 Å². The number of carboxylic acids is 1. The van der Waals surface area contributed by atoms with E-state index in [9.17, 15) is 4.79 Å². The van der Waals surface area contributed by atoms with Crippen molar-refractivity contribution in [1.29, 1.82) is 0 Å². The highest BCUT2D eigenvalue weighted by atomic mass is 16.5. The predicted molar refractivity (Wildman–Crippen MR) is 93.9 cm³/mol. The van der Waals surface area contributed by atoms with Gasteiger partial charge >= 0.3 is 5.97 Å². The number of nitrogens with one attached hydrogen (secondary N) is 1. The summed E-state index contributed by atoms with van der Waals surface area (Å²) in [5, 5.41) is 16.9. The summed E-state index contributed by atoms with van der Waals surface area (Å²) >= 11 is 0. The smallest absolute Gasteiger partial charge is 0.306 e. The van der Waals surface area contributed by atoms with Crippen molar-refractivity contribution in [2.75, 3.05) is 6.54 Å². The van der Waals surface area contributed by atoms with Crippen LogP contribution in [0, 0.1) is 5.92 Å². The molecule has 3 aliphatic carbocycles. The Morgan fingerprint density at radius 2 is 2.00 bits per heavy atom. The molecule has 3 aliphatic rings. The lowest BCUT2D eigenvalue weighted by molar-refractivity contribution is -0.145. The van der Waals surface area contributed by atoms with Gasteiger partial charge in [0.2, 0.25) is 5.89 Å². The van der Waals surface area contributed by atoms with Crippen molar-refractivity contribution in [3.8, 4) is 0 Å². The molecule has 1 aromatic carbocycles. The van der Waals surface area contributed by atoms with Gasteiger partial charge in [0.05, 0.1) is 5.92 Å². The summed E-state index contributed by atoms with van der Waals surface area (Å²) in [4.78, 5) is 15.6. The molecule has 2 atom stereocenters. The van der Waals surface area contributed by atoms with E-state index in [1.807, 2.05) is 0 Å². The topological polar surface area (TPSA) is 88.2 Å². The van der Waals surface area contributed by atoms with Crippen molar-refractivity contribution >= 4 is 5.97 Å². The van der Waals surface area contributed by atoms with Gasteiger partial charge in [-0.1, -0.05) is 35.5 Å². The van der Waals surface area contributed by atoms with Crippen LogP contribution in [0.2, 0.25) is 0 Å². The molecule has 1 aromatic heterocycles. The fourth-order valence-electron chi connectivity index (χ4n) is 4.08. The molecular weight excluding hydrogens is 330 g/mol. The monoisotopic (exact) mass is 353 g/mol. The van der Waals surface area contributed by atoms with Gasteiger partial charge in [-0.3, -0.25) is 4.79 Å². The average molecular weight is 353 g/mol. The van der Waals surface area contributed by atoms with Crippen LogP contribution in [-0.2, 0) is 10.2 Å². The minimum Gasteiger partial charge on any atom is -0.481 e. The largest absolute Gasteiger partial charge is 0.481 e. The molecule has 6 nitrogen and oxygen atoms in total. The van der Waals surface area contributed by atoms with E-state index in [4.69, 9.17) is 9.63 Å². The molecule has 0 spiro atoms. The molecule has 0 amide bonds. The lowest BCUT2D eigenvalue weighted by Crippen LogP contribution is -2.30. The molecule has 136 valence electrons. The maximum absolute atomic E-state index is 10.9. The van der Waals surface area contributed by atoms with Gasteiger partial charge in [0.25, 0.3) is 0 Å². The minimum atomic E-state index is -0.721. The molecular formula is C20H23N3O3. The molecule has 2 N–H and O–H groups in total. The molecule has 0 aliphatic heterocycles. The van der Waals surface area contributed by atoms with Gasteiger partial charge in [0.1, 0.15) is 0 Å². The second-order valence-corrected chi connectivity index (χ2v) is 8.18. The van der Waals surface area contributed by atoms with E-state index in [0.717, 1.165) is 25.2 Å². The second kappa shape index (κ2) is 5.91. The highest BCUT2D eigenvalue weighted by Gasteiger charge is 2.51. The molecule has 5 rings (SSSR count). The Morgan fingerprint density at radius 3 is 2.69 bits per heavy atom. The number of carboxylic acid groups (broad SMARTS) is 1. The molecule has 1 unspecified atom stereocenters.